The SMILES string of the molecule is COc1cc(C=C2CCCN3C2=NOC[C@@H]3c2cc(F)cc(Cl)c2)ccc1-n1cnc(C)c1. The van der Waals surface area contributed by atoms with Crippen LogP contribution >= 0.6 is 11.6 Å². The maximum atomic E-state index is 14.0. The van der Waals surface area contributed by atoms with Crippen LogP contribution in [0.25, 0.3) is 11.8 Å². The van der Waals surface area contributed by atoms with Crippen molar-refractivity contribution in [3.05, 3.63) is 82.2 Å². The van der Waals surface area contributed by atoms with Crippen LogP contribution in [0.2, 0.25) is 5.02 Å². The summed E-state index contributed by atoms with van der Waals surface area (Å²) < 4.78 is 21.6. The molecule has 1 atom stereocenters. The Morgan fingerprint density at radius 1 is 1.24 bits per heavy atom. The number of hydrogen-bond donors (Lipinski definition) is 0. The Labute approximate surface area is 196 Å². The van der Waals surface area contributed by atoms with E-state index in [1.54, 1.807) is 19.5 Å². The molecule has 6 nitrogen and oxygen atoms in total. The Bertz CT molecular complexity index is 1230. The monoisotopic (exact) mass is 466 g/mol. The van der Waals surface area contributed by atoms with Crippen molar-refractivity contribution in [1.82, 2.24) is 14.5 Å². The second-order valence-electron chi connectivity index (χ2n) is 8.25. The Hall–Kier alpha value is -3.32. The summed E-state index contributed by atoms with van der Waals surface area (Å²) >= 11 is 6.11. The summed E-state index contributed by atoms with van der Waals surface area (Å²) in [5.41, 5.74) is 4.72. The van der Waals surface area contributed by atoms with Crippen LogP contribution in [0.5, 0.6) is 5.75 Å². The van der Waals surface area contributed by atoms with Gasteiger partial charge in [0.05, 0.1) is 30.9 Å². The summed E-state index contributed by atoms with van der Waals surface area (Å²) in [5.74, 6) is 1.18. The van der Waals surface area contributed by atoms with Gasteiger partial charge in [0.2, 0.25) is 0 Å². The maximum Gasteiger partial charge on any atom is 0.172 e. The summed E-state index contributed by atoms with van der Waals surface area (Å²) in [6.07, 6.45) is 7.69. The van der Waals surface area contributed by atoms with Crippen molar-refractivity contribution in [3.63, 3.8) is 0 Å². The molecule has 0 unspecified atom stereocenters. The van der Waals surface area contributed by atoms with Gasteiger partial charge >= 0.3 is 0 Å². The minimum Gasteiger partial charge on any atom is -0.495 e. The minimum atomic E-state index is -0.352. The van der Waals surface area contributed by atoms with Gasteiger partial charge in [0.15, 0.2) is 5.84 Å². The van der Waals surface area contributed by atoms with Gasteiger partial charge in [-0.2, -0.15) is 0 Å². The third-order valence-corrected chi connectivity index (χ3v) is 6.19. The third-order valence-electron chi connectivity index (χ3n) is 5.97. The molecule has 1 aromatic heterocycles. The van der Waals surface area contributed by atoms with E-state index in [2.05, 4.69) is 21.1 Å². The molecule has 170 valence electrons. The summed E-state index contributed by atoms with van der Waals surface area (Å²) in [6.45, 7) is 3.12. The summed E-state index contributed by atoms with van der Waals surface area (Å²) in [4.78, 5) is 12.1. The van der Waals surface area contributed by atoms with E-state index in [0.717, 1.165) is 59.1 Å². The van der Waals surface area contributed by atoms with Crippen molar-refractivity contribution in [1.29, 1.82) is 0 Å². The fourth-order valence-electron chi connectivity index (χ4n) is 4.45. The number of oxime groups is 1. The number of ether oxygens (including phenoxy) is 1. The number of imidazole rings is 1. The molecule has 0 bridgehead atoms. The average Bonchev–Trinajstić information content (AvgIpc) is 3.24. The number of nitrogens with zero attached hydrogens (tertiary/aromatic N) is 4. The lowest BCUT2D eigenvalue weighted by molar-refractivity contribution is 0.0574. The Morgan fingerprint density at radius 2 is 2.12 bits per heavy atom. The van der Waals surface area contributed by atoms with Crippen LogP contribution in [-0.2, 0) is 4.84 Å². The number of fused-ring (bicyclic) bond motifs is 1. The van der Waals surface area contributed by atoms with Crippen LogP contribution in [0, 0.1) is 12.7 Å². The molecule has 2 aliphatic rings. The molecule has 1 fully saturated rings. The number of benzene rings is 2. The second kappa shape index (κ2) is 8.90. The van der Waals surface area contributed by atoms with E-state index < -0.39 is 0 Å². The zero-order chi connectivity index (χ0) is 22.9. The van der Waals surface area contributed by atoms with Crippen LogP contribution in [0.1, 0.15) is 35.7 Å². The number of halogens is 2. The lowest BCUT2D eigenvalue weighted by Gasteiger charge is -2.40. The molecule has 5 rings (SSSR count). The van der Waals surface area contributed by atoms with E-state index in [-0.39, 0.29) is 11.9 Å². The van der Waals surface area contributed by atoms with Gasteiger partial charge in [-0.05, 0) is 72.9 Å². The first-order valence-electron chi connectivity index (χ1n) is 10.8. The van der Waals surface area contributed by atoms with Gasteiger partial charge in [0.25, 0.3) is 0 Å². The van der Waals surface area contributed by atoms with Crippen LogP contribution in [-0.4, -0.2) is 40.5 Å². The van der Waals surface area contributed by atoms with E-state index in [1.165, 1.54) is 12.1 Å². The first-order chi connectivity index (χ1) is 16.0. The number of aryl methyl sites for hydroxylation is 1. The molecule has 3 aromatic rings. The van der Waals surface area contributed by atoms with E-state index >= 15 is 0 Å². The number of hydrogen-bond acceptors (Lipinski definition) is 5. The highest BCUT2D eigenvalue weighted by Gasteiger charge is 2.33. The fraction of sp³-hybridized carbons (Fsp3) is 0.280. The van der Waals surface area contributed by atoms with E-state index in [0.29, 0.717) is 11.6 Å². The Kier molecular flexibility index (Phi) is 5.81. The third kappa shape index (κ3) is 4.33. The second-order valence-corrected chi connectivity index (χ2v) is 8.69. The number of amidine groups is 1. The molecule has 0 spiro atoms. The molecule has 8 heteroatoms. The summed E-state index contributed by atoms with van der Waals surface area (Å²) in [6, 6.07) is 10.5. The van der Waals surface area contributed by atoms with Gasteiger partial charge in [0.1, 0.15) is 18.2 Å². The predicted octanol–water partition coefficient (Wildman–Crippen LogP) is 5.55. The van der Waals surface area contributed by atoms with E-state index in [1.807, 2.05) is 35.9 Å². The largest absolute Gasteiger partial charge is 0.495 e. The quantitative estimate of drug-likeness (QED) is 0.506. The Morgan fingerprint density at radius 3 is 2.88 bits per heavy atom. The van der Waals surface area contributed by atoms with Gasteiger partial charge in [-0.3, -0.25) is 0 Å². The minimum absolute atomic E-state index is 0.143. The highest BCUT2D eigenvalue weighted by molar-refractivity contribution is 6.30. The summed E-state index contributed by atoms with van der Waals surface area (Å²) in [5, 5.41) is 4.74. The molecule has 2 aliphatic heterocycles. The molecule has 0 saturated carbocycles. The predicted molar refractivity (Wildman–Crippen MR) is 126 cm³/mol. The van der Waals surface area contributed by atoms with Crippen molar-refractivity contribution in [2.24, 2.45) is 5.16 Å². The number of aromatic nitrogens is 2. The van der Waals surface area contributed by atoms with Crippen LogP contribution in [0.4, 0.5) is 4.39 Å². The molecular formula is C25H24ClFN4O2. The van der Waals surface area contributed by atoms with Crippen LogP contribution < -0.4 is 4.74 Å². The fourth-order valence-corrected chi connectivity index (χ4v) is 4.68. The van der Waals surface area contributed by atoms with Gasteiger partial charge in [-0.25, -0.2) is 9.37 Å². The van der Waals surface area contributed by atoms with Gasteiger partial charge in [-0.15, -0.1) is 0 Å². The number of methoxy groups -OCH3 is 1. The average molecular weight is 467 g/mol. The van der Waals surface area contributed by atoms with Gasteiger partial charge < -0.3 is 19.0 Å². The molecule has 2 aromatic carbocycles. The van der Waals surface area contributed by atoms with Crippen molar-refractivity contribution in [2.45, 2.75) is 25.8 Å². The van der Waals surface area contributed by atoms with Gasteiger partial charge in [0, 0.05) is 17.8 Å². The molecule has 3 heterocycles. The standard InChI is InChI=1S/C25H24ClFN4O2/c1-16-13-30(15-28-16)22-6-5-17(9-24(22)32-2)8-18-4-3-7-31-23(14-33-29-25(18)31)19-10-20(26)12-21(27)11-19/h5-6,8-13,15,23H,3-4,7,14H2,1-2H3/t23-/m1/s1. The van der Waals surface area contributed by atoms with Crippen molar-refractivity contribution < 1.29 is 14.0 Å². The normalized spacial score (nSPS) is 19.2. The number of rotatable bonds is 4. The molecule has 1 saturated heterocycles. The van der Waals surface area contributed by atoms with Crippen molar-refractivity contribution >= 4 is 23.5 Å². The van der Waals surface area contributed by atoms with Gasteiger partial charge in [-0.1, -0.05) is 22.8 Å². The molecule has 0 N–H and O–H groups in total. The van der Waals surface area contributed by atoms with Crippen molar-refractivity contribution in [2.75, 3.05) is 20.3 Å². The lowest BCUT2D eigenvalue weighted by Crippen LogP contribution is -2.44. The highest BCUT2D eigenvalue weighted by atomic mass is 35.5. The molecular weight excluding hydrogens is 443 g/mol. The first kappa shape index (κ1) is 21.5. The molecule has 0 radical (unpaired) electrons. The first-order valence-corrected chi connectivity index (χ1v) is 11.2. The van der Waals surface area contributed by atoms with Crippen LogP contribution in [0.15, 0.2) is 59.7 Å². The zero-order valence-electron chi connectivity index (χ0n) is 18.5. The topological polar surface area (TPSA) is 51.9 Å². The van der Waals surface area contributed by atoms with E-state index in [4.69, 9.17) is 21.2 Å². The zero-order valence-corrected chi connectivity index (χ0v) is 19.2. The highest BCUT2D eigenvalue weighted by Crippen LogP contribution is 2.34. The maximum absolute atomic E-state index is 14.0. The van der Waals surface area contributed by atoms with Crippen molar-refractivity contribution in [3.8, 4) is 11.4 Å². The lowest BCUT2D eigenvalue weighted by atomic mass is 9.96. The summed E-state index contributed by atoms with van der Waals surface area (Å²) in [7, 11) is 1.66. The molecule has 33 heavy (non-hydrogen) atoms. The van der Waals surface area contributed by atoms with Crippen LogP contribution in [0.3, 0.4) is 0 Å². The molecule has 0 amide bonds. The number of piperidine rings is 1. The van der Waals surface area contributed by atoms with E-state index in [9.17, 15) is 4.39 Å². The molecule has 0 aliphatic carbocycles. The smallest absolute Gasteiger partial charge is 0.172 e. The Balaban J connectivity index is 1.46.